The Bertz CT molecular complexity index is 797. The molecule has 0 aliphatic carbocycles. The largest absolute Gasteiger partial charge is 0.361 e. The minimum Gasteiger partial charge on any atom is -0.361 e. The van der Waals surface area contributed by atoms with Gasteiger partial charge in [0.2, 0.25) is 5.91 Å². The van der Waals surface area contributed by atoms with Crippen LogP contribution < -0.4 is 5.32 Å². The molecule has 1 N–H and O–H groups in total. The maximum atomic E-state index is 12.2. The van der Waals surface area contributed by atoms with Crippen molar-refractivity contribution >= 4 is 5.91 Å². The van der Waals surface area contributed by atoms with Crippen LogP contribution in [0, 0.1) is 6.92 Å². The summed E-state index contributed by atoms with van der Waals surface area (Å²) in [5, 5.41) is 6.91. The Hall–Kier alpha value is -2.88. The number of aryl methyl sites for hydroxylation is 1. The first-order valence-corrected chi connectivity index (χ1v) is 8.48. The Kier molecular flexibility index (Phi) is 5.62. The van der Waals surface area contributed by atoms with Gasteiger partial charge < -0.3 is 9.84 Å². The molecule has 4 heteroatoms. The van der Waals surface area contributed by atoms with Crippen molar-refractivity contribution in [1.82, 2.24) is 10.5 Å². The Morgan fingerprint density at radius 3 is 2.40 bits per heavy atom. The fourth-order valence-corrected chi connectivity index (χ4v) is 2.90. The fraction of sp³-hybridized carbons (Fsp3) is 0.238. The van der Waals surface area contributed by atoms with Gasteiger partial charge in [-0.05, 0) is 24.5 Å². The monoisotopic (exact) mass is 334 g/mol. The van der Waals surface area contributed by atoms with Crippen LogP contribution in [-0.2, 0) is 17.6 Å². The van der Waals surface area contributed by atoms with Crippen molar-refractivity contribution in [3.05, 3.63) is 89.3 Å². The second kappa shape index (κ2) is 8.29. The molecule has 128 valence electrons. The molecule has 0 radical (unpaired) electrons. The summed E-state index contributed by atoms with van der Waals surface area (Å²) >= 11 is 0. The molecule has 0 fully saturated rings. The molecule has 1 aromatic heterocycles. The van der Waals surface area contributed by atoms with Gasteiger partial charge in [0.1, 0.15) is 5.76 Å². The van der Waals surface area contributed by atoms with E-state index in [4.69, 9.17) is 4.52 Å². The molecule has 4 nitrogen and oxygen atoms in total. The fourth-order valence-electron chi connectivity index (χ4n) is 2.90. The van der Waals surface area contributed by atoms with E-state index in [0.717, 1.165) is 6.42 Å². The molecule has 1 heterocycles. The lowest BCUT2D eigenvalue weighted by molar-refractivity contribution is -0.120. The minimum atomic E-state index is -0.0395. The van der Waals surface area contributed by atoms with E-state index < -0.39 is 0 Å². The molecule has 3 rings (SSSR count). The molecule has 0 aliphatic rings. The molecule has 25 heavy (non-hydrogen) atoms. The van der Waals surface area contributed by atoms with Crippen molar-refractivity contribution in [1.29, 1.82) is 0 Å². The summed E-state index contributed by atoms with van der Waals surface area (Å²) in [7, 11) is 0. The van der Waals surface area contributed by atoms with E-state index in [2.05, 4.69) is 34.7 Å². The minimum absolute atomic E-state index is 0.0395. The zero-order chi connectivity index (χ0) is 17.5. The molecule has 1 unspecified atom stereocenters. The van der Waals surface area contributed by atoms with Crippen molar-refractivity contribution in [2.45, 2.75) is 25.7 Å². The first-order chi connectivity index (χ1) is 12.2. The Labute approximate surface area is 147 Å². The molecule has 0 saturated carbocycles. The zero-order valence-electron chi connectivity index (χ0n) is 14.3. The van der Waals surface area contributed by atoms with Crippen LogP contribution in [0.5, 0.6) is 0 Å². The lowest BCUT2D eigenvalue weighted by Crippen LogP contribution is -2.30. The SMILES string of the molecule is Cc1cc(CC(=O)NCC(Cc2ccccc2)c2ccccc2)no1. The molecule has 1 amide bonds. The number of carbonyl (C=O) groups excluding carboxylic acids is 1. The van der Waals surface area contributed by atoms with Gasteiger partial charge in [0, 0.05) is 18.5 Å². The molecule has 0 bridgehead atoms. The van der Waals surface area contributed by atoms with Crippen molar-refractivity contribution < 1.29 is 9.32 Å². The van der Waals surface area contributed by atoms with E-state index in [0.29, 0.717) is 18.0 Å². The highest BCUT2D eigenvalue weighted by Crippen LogP contribution is 2.20. The van der Waals surface area contributed by atoms with Crippen LogP contribution in [-0.4, -0.2) is 17.6 Å². The van der Waals surface area contributed by atoms with Gasteiger partial charge in [-0.25, -0.2) is 0 Å². The average Bonchev–Trinajstić information content (AvgIpc) is 3.05. The van der Waals surface area contributed by atoms with E-state index in [1.165, 1.54) is 11.1 Å². The van der Waals surface area contributed by atoms with Crippen LogP contribution in [0.4, 0.5) is 0 Å². The quantitative estimate of drug-likeness (QED) is 0.717. The lowest BCUT2D eigenvalue weighted by atomic mass is 9.92. The third-order valence-corrected chi connectivity index (χ3v) is 4.16. The van der Waals surface area contributed by atoms with Gasteiger partial charge in [-0.3, -0.25) is 4.79 Å². The molecule has 0 spiro atoms. The van der Waals surface area contributed by atoms with Crippen molar-refractivity contribution in [2.75, 3.05) is 6.54 Å². The van der Waals surface area contributed by atoms with Gasteiger partial charge in [0.25, 0.3) is 0 Å². The number of nitrogens with zero attached hydrogens (tertiary/aromatic N) is 1. The smallest absolute Gasteiger partial charge is 0.226 e. The summed E-state index contributed by atoms with van der Waals surface area (Å²) in [6.07, 6.45) is 1.12. The van der Waals surface area contributed by atoms with Crippen LogP contribution in [0.1, 0.15) is 28.5 Å². The van der Waals surface area contributed by atoms with Gasteiger partial charge in [-0.1, -0.05) is 65.8 Å². The first-order valence-electron chi connectivity index (χ1n) is 8.48. The highest BCUT2D eigenvalue weighted by molar-refractivity contribution is 5.78. The van der Waals surface area contributed by atoms with Crippen LogP contribution >= 0.6 is 0 Å². The Morgan fingerprint density at radius 1 is 1.08 bits per heavy atom. The number of amides is 1. The normalized spacial score (nSPS) is 11.9. The van der Waals surface area contributed by atoms with Gasteiger partial charge in [0.15, 0.2) is 0 Å². The van der Waals surface area contributed by atoms with E-state index in [-0.39, 0.29) is 18.2 Å². The Morgan fingerprint density at radius 2 is 1.76 bits per heavy atom. The molecule has 0 aliphatic heterocycles. The summed E-state index contributed by atoms with van der Waals surface area (Å²) in [6, 6.07) is 22.4. The van der Waals surface area contributed by atoms with Crippen molar-refractivity contribution in [2.24, 2.45) is 0 Å². The third-order valence-electron chi connectivity index (χ3n) is 4.16. The summed E-state index contributed by atoms with van der Waals surface area (Å²) < 4.78 is 5.01. The van der Waals surface area contributed by atoms with E-state index in [1.54, 1.807) is 6.07 Å². The highest BCUT2D eigenvalue weighted by atomic mass is 16.5. The van der Waals surface area contributed by atoms with E-state index in [9.17, 15) is 4.79 Å². The van der Waals surface area contributed by atoms with Crippen LogP contribution in [0.15, 0.2) is 71.3 Å². The number of hydrogen-bond donors (Lipinski definition) is 1. The second-order valence-electron chi connectivity index (χ2n) is 6.21. The molecule has 1 atom stereocenters. The van der Waals surface area contributed by atoms with Crippen LogP contribution in [0.2, 0.25) is 0 Å². The summed E-state index contributed by atoms with van der Waals surface area (Å²) in [4.78, 5) is 12.2. The summed E-state index contributed by atoms with van der Waals surface area (Å²) in [5.74, 6) is 0.905. The molecular weight excluding hydrogens is 312 g/mol. The third kappa shape index (κ3) is 5.05. The van der Waals surface area contributed by atoms with Crippen molar-refractivity contribution in [3.8, 4) is 0 Å². The number of nitrogens with one attached hydrogen (secondary N) is 1. The van der Waals surface area contributed by atoms with Crippen LogP contribution in [0.3, 0.4) is 0 Å². The topological polar surface area (TPSA) is 55.1 Å². The maximum Gasteiger partial charge on any atom is 0.226 e. The van der Waals surface area contributed by atoms with E-state index in [1.807, 2.05) is 43.3 Å². The zero-order valence-corrected chi connectivity index (χ0v) is 14.3. The second-order valence-corrected chi connectivity index (χ2v) is 6.21. The van der Waals surface area contributed by atoms with Crippen LogP contribution in [0.25, 0.3) is 0 Å². The Balaban J connectivity index is 1.64. The average molecular weight is 334 g/mol. The number of rotatable bonds is 7. The number of hydrogen-bond acceptors (Lipinski definition) is 3. The van der Waals surface area contributed by atoms with Gasteiger partial charge in [-0.2, -0.15) is 0 Å². The van der Waals surface area contributed by atoms with E-state index >= 15 is 0 Å². The number of benzene rings is 2. The summed E-state index contributed by atoms with van der Waals surface area (Å²) in [6.45, 7) is 2.41. The maximum absolute atomic E-state index is 12.2. The van der Waals surface area contributed by atoms with Gasteiger partial charge >= 0.3 is 0 Å². The predicted molar refractivity (Wildman–Crippen MR) is 97.3 cm³/mol. The number of aromatic nitrogens is 1. The van der Waals surface area contributed by atoms with Crippen molar-refractivity contribution in [3.63, 3.8) is 0 Å². The molecule has 3 aromatic rings. The molecule has 2 aromatic carbocycles. The molecule has 0 saturated heterocycles. The summed E-state index contributed by atoms with van der Waals surface area (Å²) in [5.41, 5.74) is 3.15. The first kappa shape index (κ1) is 17.0. The molecular formula is C21H22N2O2. The predicted octanol–water partition coefficient (Wildman–Crippen LogP) is 3.67. The van der Waals surface area contributed by atoms with Gasteiger partial charge in [0.05, 0.1) is 12.1 Å². The standard InChI is InChI=1S/C21H22N2O2/c1-16-12-20(23-25-16)14-21(24)22-15-19(18-10-6-3-7-11-18)13-17-8-4-2-5-9-17/h2-12,19H,13-15H2,1H3,(H,22,24). The lowest BCUT2D eigenvalue weighted by Gasteiger charge is -2.18. The highest BCUT2D eigenvalue weighted by Gasteiger charge is 2.15. The van der Waals surface area contributed by atoms with Gasteiger partial charge in [-0.15, -0.1) is 0 Å². The number of carbonyl (C=O) groups is 1.